The molecule has 2 nitrogen and oxygen atoms in total. The molecule has 0 fully saturated rings. The molecule has 0 saturated heterocycles. The fourth-order valence-electron chi connectivity index (χ4n) is 1.52. The van der Waals surface area contributed by atoms with E-state index < -0.39 is 5.97 Å². The van der Waals surface area contributed by atoms with Gasteiger partial charge in [-0.2, -0.15) is 0 Å². The Morgan fingerprint density at radius 2 is 1.80 bits per heavy atom. The molecule has 0 bridgehead atoms. The fraction of sp³-hybridized carbons (Fsp3) is 0.308. The average Bonchev–Trinajstić information content (AvgIpc) is 2.15. The first-order chi connectivity index (χ1) is 6.84. The number of carboxylic acids is 1. The Hall–Kier alpha value is -1.57. The van der Waals surface area contributed by atoms with Gasteiger partial charge in [-0.1, -0.05) is 51.6 Å². The molecule has 0 atom stereocenters. The highest BCUT2D eigenvalue weighted by molar-refractivity contribution is 6.15. The minimum absolute atomic E-state index is 0.0744. The lowest BCUT2D eigenvalue weighted by molar-refractivity contribution is -0.130. The zero-order chi connectivity index (χ0) is 11.6. The van der Waals surface area contributed by atoms with E-state index >= 15 is 0 Å². The number of hydrogen-bond acceptors (Lipinski definition) is 1. The van der Waals surface area contributed by atoms with Crippen molar-refractivity contribution < 1.29 is 9.90 Å². The molecule has 0 aromatic heterocycles. The summed E-state index contributed by atoms with van der Waals surface area (Å²) < 4.78 is 0. The van der Waals surface area contributed by atoms with Crippen molar-refractivity contribution in [3.8, 4) is 0 Å². The van der Waals surface area contributed by atoms with Crippen LogP contribution in [0.4, 0.5) is 0 Å². The van der Waals surface area contributed by atoms with Gasteiger partial charge in [0.05, 0.1) is 5.57 Å². The highest BCUT2D eigenvalue weighted by Gasteiger charge is 2.20. The molecule has 0 amide bonds. The normalized spacial score (nSPS) is 11.1. The van der Waals surface area contributed by atoms with Crippen molar-refractivity contribution in [2.75, 3.05) is 0 Å². The molecule has 1 rings (SSSR count). The van der Waals surface area contributed by atoms with Gasteiger partial charge in [0.1, 0.15) is 0 Å². The van der Waals surface area contributed by atoms with Crippen LogP contribution in [0.15, 0.2) is 30.8 Å². The van der Waals surface area contributed by atoms with Gasteiger partial charge < -0.3 is 5.11 Å². The molecule has 2 heteroatoms. The van der Waals surface area contributed by atoms with Crippen molar-refractivity contribution in [1.29, 1.82) is 0 Å². The summed E-state index contributed by atoms with van der Waals surface area (Å²) in [5.74, 6) is -0.966. The lowest BCUT2D eigenvalue weighted by Crippen LogP contribution is -2.15. The first kappa shape index (κ1) is 11.5. The highest BCUT2D eigenvalue weighted by Crippen LogP contribution is 2.29. The predicted molar refractivity (Wildman–Crippen MR) is 61.8 cm³/mol. The van der Waals surface area contributed by atoms with E-state index in [4.69, 9.17) is 5.11 Å². The van der Waals surface area contributed by atoms with Gasteiger partial charge in [-0.25, -0.2) is 4.79 Å². The first-order valence-corrected chi connectivity index (χ1v) is 4.86. The average molecular weight is 204 g/mol. The van der Waals surface area contributed by atoms with Crippen LogP contribution < -0.4 is 0 Å². The zero-order valence-corrected chi connectivity index (χ0v) is 9.37. The van der Waals surface area contributed by atoms with E-state index in [1.807, 2.05) is 18.2 Å². The number of aliphatic carboxylic acids is 1. The van der Waals surface area contributed by atoms with Gasteiger partial charge >= 0.3 is 5.97 Å². The molecular weight excluding hydrogens is 188 g/mol. The quantitative estimate of drug-likeness (QED) is 0.752. The van der Waals surface area contributed by atoms with E-state index in [1.165, 1.54) is 0 Å². The topological polar surface area (TPSA) is 37.3 Å². The van der Waals surface area contributed by atoms with E-state index in [1.54, 1.807) is 6.07 Å². The van der Waals surface area contributed by atoms with Gasteiger partial charge in [-0.3, -0.25) is 0 Å². The van der Waals surface area contributed by atoms with Crippen LogP contribution in [-0.2, 0) is 10.2 Å². The van der Waals surface area contributed by atoms with E-state index in [-0.39, 0.29) is 11.0 Å². The van der Waals surface area contributed by atoms with Crippen molar-refractivity contribution in [3.05, 3.63) is 42.0 Å². The number of hydrogen-bond donors (Lipinski definition) is 1. The summed E-state index contributed by atoms with van der Waals surface area (Å²) in [5.41, 5.74) is 1.81. The first-order valence-electron chi connectivity index (χ1n) is 4.86. The molecule has 0 saturated carbocycles. The molecule has 0 heterocycles. The SMILES string of the molecule is C=C(C(=O)O)c1ccccc1C(C)(C)C. The van der Waals surface area contributed by atoms with Crippen LogP contribution in [0.1, 0.15) is 31.9 Å². The smallest absolute Gasteiger partial charge is 0.335 e. The van der Waals surface area contributed by atoms with Crippen LogP contribution in [0.25, 0.3) is 5.57 Å². The summed E-state index contributed by atoms with van der Waals surface area (Å²) in [6.07, 6.45) is 0. The van der Waals surface area contributed by atoms with Gasteiger partial charge in [-0.15, -0.1) is 0 Å². The molecule has 0 aliphatic rings. The second-order valence-corrected chi connectivity index (χ2v) is 4.58. The summed E-state index contributed by atoms with van der Waals surface area (Å²) in [4.78, 5) is 10.9. The molecule has 0 radical (unpaired) electrons. The van der Waals surface area contributed by atoms with Gasteiger partial charge in [0, 0.05) is 0 Å². The summed E-state index contributed by atoms with van der Waals surface area (Å²) in [7, 11) is 0. The third-order valence-electron chi connectivity index (χ3n) is 2.32. The maximum Gasteiger partial charge on any atom is 0.335 e. The standard InChI is InChI=1S/C13H16O2/c1-9(12(14)15)10-7-5-6-8-11(10)13(2,3)4/h5-8H,1H2,2-4H3,(H,14,15). The maximum absolute atomic E-state index is 10.9. The van der Waals surface area contributed by atoms with Gasteiger partial charge in [0.15, 0.2) is 0 Å². The van der Waals surface area contributed by atoms with Gasteiger partial charge in [0.25, 0.3) is 0 Å². The number of carbonyl (C=O) groups is 1. The lowest BCUT2D eigenvalue weighted by Gasteiger charge is -2.22. The minimum atomic E-state index is -0.966. The van der Waals surface area contributed by atoms with Gasteiger partial charge in [0.2, 0.25) is 0 Å². The van der Waals surface area contributed by atoms with E-state index in [9.17, 15) is 4.79 Å². The van der Waals surface area contributed by atoms with Crippen LogP contribution >= 0.6 is 0 Å². The number of benzene rings is 1. The second kappa shape index (κ2) is 3.89. The second-order valence-electron chi connectivity index (χ2n) is 4.58. The monoisotopic (exact) mass is 204 g/mol. The van der Waals surface area contributed by atoms with Crippen molar-refractivity contribution in [3.63, 3.8) is 0 Å². The summed E-state index contributed by atoms with van der Waals surface area (Å²) >= 11 is 0. The van der Waals surface area contributed by atoms with E-state index in [0.717, 1.165) is 11.1 Å². The Morgan fingerprint density at radius 1 is 1.27 bits per heavy atom. The van der Waals surface area contributed by atoms with Crippen LogP contribution in [0.2, 0.25) is 0 Å². The Bertz CT molecular complexity index is 397. The lowest BCUT2D eigenvalue weighted by atomic mass is 9.82. The minimum Gasteiger partial charge on any atom is -0.478 e. The molecule has 80 valence electrons. The Labute approximate surface area is 90.3 Å². The van der Waals surface area contributed by atoms with Crippen LogP contribution in [0, 0.1) is 0 Å². The fourth-order valence-corrected chi connectivity index (χ4v) is 1.52. The molecule has 0 spiro atoms. The third-order valence-corrected chi connectivity index (χ3v) is 2.32. The Kier molecular flexibility index (Phi) is 2.98. The van der Waals surface area contributed by atoms with Gasteiger partial charge in [-0.05, 0) is 16.5 Å². The molecule has 1 N–H and O–H groups in total. The molecule has 0 unspecified atom stereocenters. The molecule has 1 aromatic carbocycles. The third kappa shape index (κ3) is 2.46. The van der Waals surface area contributed by atoms with Crippen LogP contribution in [-0.4, -0.2) is 11.1 Å². The van der Waals surface area contributed by atoms with Crippen molar-refractivity contribution >= 4 is 11.5 Å². The summed E-state index contributed by atoms with van der Waals surface area (Å²) in [6, 6.07) is 7.50. The summed E-state index contributed by atoms with van der Waals surface area (Å²) in [5, 5.41) is 8.93. The van der Waals surface area contributed by atoms with Crippen LogP contribution in [0.5, 0.6) is 0 Å². The Balaban J connectivity index is 3.31. The van der Waals surface area contributed by atoms with Crippen molar-refractivity contribution in [2.24, 2.45) is 0 Å². The predicted octanol–water partition coefficient (Wildman–Crippen LogP) is 3.08. The van der Waals surface area contributed by atoms with Crippen LogP contribution in [0.3, 0.4) is 0 Å². The molecule has 1 aromatic rings. The van der Waals surface area contributed by atoms with Crippen molar-refractivity contribution in [1.82, 2.24) is 0 Å². The molecule has 0 aliphatic carbocycles. The van der Waals surface area contributed by atoms with E-state index in [0.29, 0.717) is 0 Å². The number of rotatable bonds is 2. The molecule has 15 heavy (non-hydrogen) atoms. The summed E-state index contributed by atoms with van der Waals surface area (Å²) in [6.45, 7) is 9.77. The van der Waals surface area contributed by atoms with E-state index in [2.05, 4.69) is 27.4 Å². The Morgan fingerprint density at radius 3 is 2.27 bits per heavy atom. The molecule has 0 aliphatic heterocycles. The number of carboxylic acid groups (broad SMARTS) is 1. The van der Waals surface area contributed by atoms with Crippen molar-refractivity contribution in [2.45, 2.75) is 26.2 Å². The highest BCUT2D eigenvalue weighted by atomic mass is 16.4. The molecular formula is C13H16O2. The largest absolute Gasteiger partial charge is 0.478 e. The zero-order valence-electron chi connectivity index (χ0n) is 9.37. The maximum atomic E-state index is 10.9.